The molecule has 3 amide bonds. The maximum atomic E-state index is 13.4. The highest BCUT2D eigenvalue weighted by Gasteiger charge is 2.61. The van der Waals surface area contributed by atoms with Crippen LogP contribution in [0, 0.1) is 5.82 Å². The molecule has 0 saturated carbocycles. The first kappa shape index (κ1) is 15.3. The van der Waals surface area contributed by atoms with Gasteiger partial charge in [0.15, 0.2) is 0 Å². The molecule has 0 bridgehead atoms. The molecular formula is C13H12FN3O6. The van der Waals surface area contributed by atoms with Crippen LogP contribution in [0.4, 0.5) is 10.1 Å². The van der Waals surface area contributed by atoms with Crippen molar-refractivity contribution in [2.24, 2.45) is 0 Å². The lowest BCUT2D eigenvalue weighted by Crippen LogP contribution is -2.67. The SMILES string of the molecule is Nc1cc(F)cc2c1C(O)(O)N(C1(O)CCC(=O)NC1=O)C2=O. The summed E-state index contributed by atoms with van der Waals surface area (Å²) in [7, 11) is 0. The second-order valence-electron chi connectivity index (χ2n) is 5.39. The number of piperidine rings is 1. The number of aliphatic hydroxyl groups is 3. The summed E-state index contributed by atoms with van der Waals surface area (Å²) in [4.78, 5) is 35.6. The van der Waals surface area contributed by atoms with E-state index in [4.69, 9.17) is 5.73 Å². The van der Waals surface area contributed by atoms with Crippen LogP contribution in [-0.4, -0.2) is 43.7 Å². The third-order valence-corrected chi connectivity index (χ3v) is 3.90. The molecule has 1 aromatic rings. The molecule has 2 aliphatic rings. The minimum absolute atomic E-state index is 0.0856. The summed E-state index contributed by atoms with van der Waals surface area (Å²) in [5.74, 6) is -7.22. The minimum atomic E-state index is -3.14. The van der Waals surface area contributed by atoms with E-state index in [0.29, 0.717) is 6.07 Å². The standard InChI is InChI=1S/C13H12FN3O6/c14-5-3-6-9(7(15)4-5)13(22,23)17(10(6)19)12(21)2-1-8(18)16-11(12)20/h3-4,21-23H,1-2,15H2,(H,16,18,20). The van der Waals surface area contributed by atoms with Gasteiger partial charge in [0, 0.05) is 18.5 Å². The van der Waals surface area contributed by atoms with Crippen LogP contribution < -0.4 is 11.1 Å². The molecule has 9 nitrogen and oxygen atoms in total. The Balaban J connectivity index is 2.16. The Kier molecular flexibility index (Phi) is 2.98. The normalized spacial score (nSPS) is 26.3. The highest BCUT2D eigenvalue weighted by molar-refractivity contribution is 6.07. The maximum absolute atomic E-state index is 13.4. The first-order valence-electron chi connectivity index (χ1n) is 6.54. The zero-order valence-electron chi connectivity index (χ0n) is 11.5. The smallest absolute Gasteiger partial charge is 0.283 e. The number of amides is 3. The fraction of sp³-hybridized carbons (Fsp3) is 0.308. The summed E-state index contributed by atoms with van der Waals surface area (Å²) in [6.07, 6.45) is -0.884. The molecule has 1 unspecified atom stereocenters. The first-order chi connectivity index (χ1) is 10.6. The van der Waals surface area contributed by atoms with Crippen LogP contribution in [0.1, 0.15) is 28.8 Å². The Morgan fingerprint density at radius 2 is 1.87 bits per heavy atom. The van der Waals surface area contributed by atoms with Crippen LogP contribution in [0.3, 0.4) is 0 Å². The molecule has 1 aromatic carbocycles. The molecule has 0 aliphatic carbocycles. The van der Waals surface area contributed by atoms with E-state index >= 15 is 0 Å². The van der Waals surface area contributed by atoms with Crippen molar-refractivity contribution in [3.05, 3.63) is 29.1 Å². The van der Waals surface area contributed by atoms with E-state index in [9.17, 15) is 34.1 Å². The number of hydrogen-bond donors (Lipinski definition) is 5. The topological polar surface area (TPSA) is 153 Å². The molecule has 0 spiro atoms. The van der Waals surface area contributed by atoms with Crippen molar-refractivity contribution in [1.29, 1.82) is 0 Å². The molecule has 122 valence electrons. The van der Waals surface area contributed by atoms with Crippen LogP contribution in [0.15, 0.2) is 12.1 Å². The summed E-state index contributed by atoms with van der Waals surface area (Å²) < 4.78 is 13.4. The van der Waals surface area contributed by atoms with Gasteiger partial charge in [0.25, 0.3) is 17.7 Å². The Labute approximate surface area is 128 Å². The van der Waals surface area contributed by atoms with Gasteiger partial charge in [-0.25, -0.2) is 9.29 Å². The van der Waals surface area contributed by atoms with E-state index in [1.54, 1.807) is 0 Å². The Bertz CT molecular complexity index is 764. The van der Waals surface area contributed by atoms with Crippen LogP contribution in [0.25, 0.3) is 0 Å². The second kappa shape index (κ2) is 4.47. The summed E-state index contributed by atoms with van der Waals surface area (Å²) >= 11 is 0. The van der Waals surface area contributed by atoms with Crippen LogP contribution in [-0.2, 0) is 15.5 Å². The average molecular weight is 325 g/mol. The molecule has 0 aromatic heterocycles. The number of halogens is 1. The predicted octanol–water partition coefficient (Wildman–Crippen LogP) is -1.92. The van der Waals surface area contributed by atoms with Crippen molar-refractivity contribution in [3.8, 4) is 0 Å². The average Bonchev–Trinajstić information content (AvgIpc) is 2.62. The molecule has 23 heavy (non-hydrogen) atoms. The number of nitrogens with one attached hydrogen (secondary N) is 1. The van der Waals surface area contributed by atoms with Crippen molar-refractivity contribution in [2.75, 3.05) is 5.73 Å². The fourth-order valence-corrected chi connectivity index (χ4v) is 2.87. The number of nitrogens with two attached hydrogens (primary N) is 1. The summed E-state index contributed by atoms with van der Waals surface area (Å²) in [5.41, 5.74) is 1.36. The third-order valence-electron chi connectivity index (χ3n) is 3.90. The molecule has 1 fully saturated rings. The number of imide groups is 1. The van der Waals surface area contributed by atoms with Crippen LogP contribution >= 0.6 is 0 Å². The number of hydrogen-bond acceptors (Lipinski definition) is 7. The van der Waals surface area contributed by atoms with Crippen molar-refractivity contribution in [3.63, 3.8) is 0 Å². The Morgan fingerprint density at radius 3 is 2.48 bits per heavy atom. The van der Waals surface area contributed by atoms with E-state index in [1.807, 2.05) is 5.32 Å². The summed E-state index contributed by atoms with van der Waals surface area (Å²) in [6.45, 7) is 0. The summed E-state index contributed by atoms with van der Waals surface area (Å²) in [5, 5.41) is 32.9. The van der Waals surface area contributed by atoms with E-state index < -0.39 is 58.4 Å². The Morgan fingerprint density at radius 1 is 1.22 bits per heavy atom. The monoisotopic (exact) mass is 325 g/mol. The molecule has 3 rings (SSSR count). The first-order valence-corrected chi connectivity index (χ1v) is 6.54. The number of fused-ring (bicyclic) bond motifs is 1. The molecule has 1 saturated heterocycles. The van der Waals surface area contributed by atoms with Gasteiger partial charge >= 0.3 is 0 Å². The molecule has 10 heteroatoms. The fourth-order valence-electron chi connectivity index (χ4n) is 2.87. The molecule has 6 N–H and O–H groups in total. The molecule has 0 radical (unpaired) electrons. The van der Waals surface area contributed by atoms with E-state index in [-0.39, 0.29) is 11.3 Å². The number of rotatable bonds is 1. The maximum Gasteiger partial charge on any atom is 0.283 e. The minimum Gasteiger partial charge on any atom is -0.398 e. The molecular weight excluding hydrogens is 313 g/mol. The van der Waals surface area contributed by atoms with Crippen molar-refractivity contribution >= 4 is 23.4 Å². The zero-order chi connectivity index (χ0) is 17.2. The highest BCUT2D eigenvalue weighted by atomic mass is 19.1. The van der Waals surface area contributed by atoms with Gasteiger partial charge in [0.2, 0.25) is 11.6 Å². The number of anilines is 1. The largest absolute Gasteiger partial charge is 0.398 e. The molecule has 2 heterocycles. The van der Waals surface area contributed by atoms with E-state index in [2.05, 4.69) is 0 Å². The van der Waals surface area contributed by atoms with Gasteiger partial charge in [-0.2, -0.15) is 0 Å². The predicted molar refractivity (Wildman–Crippen MR) is 70.4 cm³/mol. The van der Waals surface area contributed by atoms with Crippen molar-refractivity contribution in [2.45, 2.75) is 24.5 Å². The van der Waals surface area contributed by atoms with Crippen LogP contribution in [0.5, 0.6) is 0 Å². The quantitative estimate of drug-likeness (QED) is 0.229. The second-order valence-corrected chi connectivity index (χ2v) is 5.39. The van der Waals surface area contributed by atoms with E-state index in [0.717, 1.165) is 6.07 Å². The van der Waals surface area contributed by atoms with Crippen molar-refractivity contribution < 1.29 is 34.1 Å². The summed E-state index contributed by atoms with van der Waals surface area (Å²) in [6, 6.07) is 1.48. The van der Waals surface area contributed by atoms with Gasteiger partial charge in [-0.15, -0.1) is 0 Å². The number of benzene rings is 1. The highest BCUT2D eigenvalue weighted by Crippen LogP contribution is 2.44. The zero-order valence-corrected chi connectivity index (χ0v) is 11.5. The Hall–Kier alpha value is -2.56. The van der Waals surface area contributed by atoms with Crippen LogP contribution in [0.2, 0.25) is 0 Å². The lowest BCUT2D eigenvalue weighted by molar-refractivity contribution is -0.302. The number of nitrogen functional groups attached to an aromatic ring is 1. The van der Waals surface area contributed by atoms with Gasteiger partial charge in [0.1, 0.15) is 5.82 Å². The number of carbonyl (C=O) groups excluding carboxylic acids is 3. The van der Waals surface area contributed by atoms with E-state index in [1.165, 1.54) is 0 Å². The van der Waals surface area contributed by atoms with Gasteiger partial charge < -0.3 is 21.1 Å². The third kappa shape index (κ3) is 1.92. The number of carbonyl (C=O) groups is 3. The number of nitrogens with zero attached hydrogens (tertiary/aromatic N) is 1. The van der Waals surface area contributed by atoms with Gasteiger partial charge in [-0.1, -0.05) is 0 Å². The lowest BCUT2D eigenvalue weighted by atomic mass is 9.99. The van der Waals surface area contributed by atoms with Gasteiger partial charge in [-0.05, 0) is 12.1 Å². The molecule has 1 atom stereocenters. The molecule has 2 aliphatic heterocycles. The van der Waals surface area contributed by atoms with Gasteiger partial charge in [-0.3, -0.25) is 19.7 Å². The lowest BCUT2D eigenvalue weighted by Gasteiger charge is -2.42. The van der Waals surface area contributed by atoms with Crippen molar-refractivity contribution in [1.82, 2.24) is 10.2 Å². The van der Waals surface area contributed by atoms with Gasteiger partial charge in [0.05, 0.1) is 11.1 Å².